The Morgan fingerprint density at radius 3 is 2.44 bits per heavy atom. The Balaban J connectivity index is 2.07. The summed E-state index contributed by atoms with van der Waals surface area (Å²) >= 11 is 0. The molecule has 2 aliphatic carbocycles. The molecule has 0 aromatic rings. The molecule has 1 unspecified atom stereocenters. The van der Waals surface area contributed by atoms with Gasteiger partial charge in [0.2, 0.25) is 0 Å². The number of carbonyl (C=O) groups is 1. The second-order valence-electron chi connectivity index (χ2n) is 5.48. The summed E-state index contributed by atoms with van der Waals surface area (Å²) in [4.78, 5) is 11.6. The van der Waals surface area contributed by atoms with E-state index >= 15 is 0 Å². The van der Waals surface area contributed by atoms with Gasteiger partial charge >= 0.3 is 5.97 Å². The summed E-state index contributed by atoms with van der Waals surface area (Å²) in [5.41, 5.74) is 6.50. The fourth-order valence-electron chi connectivity index (χ4n) is 3.80. The first-order valence-electron chi connectivity index (χ1n) is 6.56. The minimum absolute atomic E-state index is 0.113. The summed E-state index contributed by atoms with van der Waals surface area (Å²) in [5.74, 6) is -0.113. The number of rotatable bonds is 3. The maximum absolute atomic E-state index is 11.6. The van der Waals surface area contributed by atoms with Gasteiger partial charge in [-0.25, -0.2) is 0 Å². The molecule has 1 spiro atoms. The van der Waals surface area contributed by atoms with Crippen molar-refractivity contribution in [3.63, 3.8) is 0 Å². The first-order chi connectivity index (χ1) is 7.62. The van der Waals surface area contributed by atoms with E-state index in [-0.39, 0.29) is 16.9 Å². The van der Waals surface area contributed by atoms with E-state index in [4.69, 9.17) is 10.5 Å². The maximum Gasteiger partial charge on any atom is 0.307 e. The van der Waals surface area contributed by atoms with E-state index < -0.39 is 0 Å². The first kappa shape index (κ1) is 11.9. The largest absolute Gasteiger partial charge is 0.466 e. The zero-order valence-electron chi connectivity index (χ0n) is 10.3. The predicted octanol–water partition coefficient (Wildman–Crippen LogP) is 2.38. The Bertz CT molecular complexity index is 266. The molecule has 0 radical (unpaired) electrons. The standard InChI is InChI=1S/C13H23NO2/c1-2-16-11(15)10-13(14)9-5-8-12(13)6-3-4-7-12/h2-10,14H2,1H3. The molecule has 0 heterocycles. The van der Waals surface area contributed by atoms with Crippen molar-refractivity contribution in [3.8, 4) is 0 Å². The molecule has 16 heavy (non-hydrogen) atoms. The third-order valence-electron chi connectivity index (χ3n) is 4.66. The molecule has 3 heteroatoms. The molecule has 2 rings (SSSR count). The van der Waals surface area contributed by atoms with Crippen LogP contribution in [0.3, 0.4) is 0 Å². The third-order valence-corrected chi connectivity index (χ3v) is 4.66. The van der Waals surface area contributed by atoms with Gasteiger partial charge in [-0.2, -0.15) is 0 Å². The Hall–Kier alpha value is -0.570. The molecule has 0 aromatic carbocycles. The van der Waals surface area contributed by atoms with Crippen molar-refractivity contribution in [2.75, 3.05) is 6.61 Å². The van der Waals surface area contributed by atoms with Crippen molar-refractivity contribution in [3.05, 3.63) is 0 Å². The van der Waals surface area contributed by atoms with Gasteiger partial charge in [-0.15, -0.1) is 0 Å². The Morgan fingerprint density at radius 2 is 1.81 bits per heavy atom. The van der Waals surface area contributed by atoms with Gasteiger partial charge in [-0.3, -0.25) is 4.79 Å². The van der Waals surface area contributed by atoms with Crippen LogP contribution in [0.2, 0.25) is 0 Å². The summed E-state index contributed by atoms with van der Waals surface area (Å²) in [6.45, 7) is 2.31. The maximum atomic E-state index is 11.6. The fraction of sp³-hybridized carbons (Fsp3) is 0.923. The first-order valence-corrected chi connectivity index (χ1v) is 6.56. The van der Waals surface area contributed by atoms with Crippen LogP contribution in [0.5, 0.6) is 0 Å². The van der Waals surface area contributed by atoms with Crippen molar-refractivity contribution in [1.29, 1.82) is 0 Å². The van der Waals surface area contributed by atoms with Crippen LogP contribution in [0.15, 0.2) is 0 Å². The van der Waals surface area contributed by atoms with Crippen molar-refractivity contribution in [2.24, 2.45) is 11.1 Å². The average molecular weight is 225 g/mol. The zero-order valence-corrected chi connectivity index (χ0v) is 10.3. The lowest BCUT2D eigenvalue weighted by Gasteiger charge is -2.40. The number of carbonyl (C=O) groups excluding carboxylic acids is 1. The Morgan fingerprint density at radius 1 is 1.19 bits per heavy atom. The highest BCUT2D eigenvalue weighted by Crippen LogP contribution is 2.56. The number of ether oxygens (including phenoxy) is 1. The summed E-state index contributed by atoms with van der Waals surface area (Å²) in [5, 5.41) is 0. The van der Waals surface area contributed by atoms with Crippen LogP contribution in [0.25, 0.3) is 0 Å². The van der Waals surface area contributed by atoms with E-state index in [0.29, 0.717) is 13.0 Å². The number of esters is 1. The van der Waals surface area contributed by atoms with E-state index in [9.17, 15) is 4.79 Å². The highest BCUT2D eigenvalue weighted by Gasteiger charge is 2.54. The van der Waals surface area contributed by atoms with Gasteiger partial charge < -0.3 is 10.5 Å². The van der Waals surface area contributed by atoms with E-state index in [0.717, 1.165) is 6.42 Å². The van der Waals surface area contributed by atoms with Crippen LogP contribution >= 0.6 is 0 Å². The lowest BCUT2D eigenvalue weighted by atomic mass is 9.69. The van der Waals surface area contributed by atoms with Gasteiger partial charge in [0, 0.05) is 5.54 Å². The summed E-state index contributed by atoms with van der Waals surface area (Å²) in [6, 6.07) is 0. The number of hydrogen-bond donors (Lipinski definition) is 1. The Kier molecular flexibility index (Phi) is 3.24. The van der Waals surface area contributed by atoms with Crippen LogP contribution in [0, 0.1) is 5.41 Å². The molecule has 0 saturated heterocycles. The molecule has 0 amide bonds. The van der Waals surface area contributed by atoms with E-state index in [1.807, 2.05) is 6.92 Å². The molecule has 0 aromatic heterocycles. The van der Waals surface area contributed by atoms with Crippen LogP contribution in [0.1, 0.15) is 58.3 Å². The minimum atomic E-state index is -0.282. The lowest BCUT2D eigenvalue weighted by molar-refractivity contribution is -0.145. The smallest absolute Gasteiger partial charge is 0.307 e. The van der Waals surface area contributed by atoms with Crippen LogP contribution in [-0.4, -0.2) is 18.1 Å². The van der Waals surface area contributed by atoms with Gasteiger partial charge in [0.25, 0.3) is 0 Å². The van der Waals surface area contributed by atoms with Crippen molar-refractivity contribution in [1.82, 2.24) is 0 Å². The molecule has 2 fully saturated rings. The van der Waals surface area contributed by atoms with E-state index in [1.165, 1.54) is 38.5 Å². The monoisotopic (exact) mass is 225 g/mol. The van der Waals surface area contributed by atoms with E-state index in [1.54, 1.807) is 0 Å². The number of hydrogen-bond acceptors (Lipinski definition) is 3. The molecule has 0 aliphatic heterocycles. The van der Waals surface area contributed by atoms with Gasteiger partial charge in [0.1, 0.15) is 0 Å². The summed E-state index contributed by atoms with van der Waals surface area (Å²) in [7, 11) is 0. The van der Waals surface area contributed by atoms with E-state index in [2.05, 4.69) is 0 Å². The molecule has 0 bridgehead atoms. The van der Waals surface area contributed by atoms with Crippen molar-refractivity contribution >= 4 is 5.97 Å². The number of nitrogens with two attached hydrogens (primary N) is 1. The molecule has 3 nitrogen and oxygen atoms in total. The van der Waals surface area contributed by atoms with Crippen LogP contribution < -0.4 is 5.73 Å². The highest BCUT2D eigenvalue weighted by molar-refractivity contribution is 5.71. The predicted molar refractivity (Wildman–Crippen MR) is 62.9 cm³/mol. The van der Waals surface area contributed by atoms with Crippen molar-refractivity contribution in [2.45, 2.75) is 63.8 Å². The van der Waals surface area contributed by atoms with Gasteiger partial charge in [-0.1, -0.05) is 19.3 Å². The molecular formula is C13H23NO2. The second kappa shape index (κ2) is 4.36. The molecule has 92 valence electrons. The molecule has 2 saturated carbocycles. The van der Waals surface area contributed by atoms with Gasteiger partial charge in [0.15, 0.2) is 0 Å². The highest BCUT2D eigenvalue weighted by atomic mass is 16.5. The van der Waals surface area contributed by atoms with Gasteiger partial charge in [0.05, 0.1) is 13.0 Å². The molecule has 2 N–H and O–H groups in total. The molecular weight excluding hydrogens is 202 g/mol. The fourth-order valence-corrected chi connectivity index (χ4v) is 3.80. The van der Waals surface area contributed by atoms with Crippen LogP contribution in [0.4, 0.5) is 0 Å². The second-order valence-corrected chi connectivity index (χ2v) is 5.48. The lowest BCUT2D eigenvalue weighted by Crippen LogP contribution is -2.52. The topological polar surface area (TPSA) is 52.3 Å². The van der Waals surface area contributed by atoms with Crippen molar-refractivity contribution < 1.29 is 9.53 Å². The SMILES string of the molecule is CCOC(=O)CC1(N)CCCC12CCCC2. The minimum Gasteiger partial charge on any atom is -0.466 e. The molecule has 1 atom stereocenters. The quantitative estimate of drug-likeness (QED) is 0.750. The average Bonchev–Trinajstić information content (AvgIpc) is 2.78. The zero-order chi connectivity index (χ0) is 11.6. The summed E-state index contributed by atoms with van der Waals surface area (Å²) < 4.78 is 5.05. The third kappa shape index (κ3) is 1.86. The molecule has 2 aliphatic rings. The Labute approximate surface area is 97.7 Å². The van der Waals surface area contributed by atoms with Gasteiger partial charge in [-0.05, 0) is 38.0 Å². The normalized spacial score (nSPS) is 32.1. The van der Waals surface area contributed by atoms with Crippen LogP contribution in [-0.2, 0) is 9.53 Å². The summed E-state index contributed by atoms with van der Waals surface area (Å²) in [6.07, 6.45) is 8.78.